The van der Waals surface area contributed by atoms with Gasteiger partial charge in [-0.3, -0.25) is 4.79 Å². The monoisotopic (exact) mass is 1410 g/mol. The predicted octanol–water partition coefficient (Wildman–Crippen LogP) is 13.1. The van der Waals surface area contributed by atoms with Crippen molar-refractivity contribution in [2.45, 2.75) is 413 Å². The van der Waals surface area contributed by atoms with Crippen LogP contribution in [-0.4, -0.2) is 193 Å². The lowest BCUT2D eigenvalue weighted by Crippen LogP contribution is -2.66. The number of carbonyl (C=O) groups is 1. The van der Waals surface area contributed by atoms with Gasteiger partial charge in [-0.25, -0.2) is 0 Å². The molecular weight excluding hydrogens is 1260 g/mol. The molecule has 17 atom stereocenters. The van der Waals surface area contributed by atoms with E-state index in [9.17, 15) is 61.0 Å². The summed E-state index contributed by atoms with van der Waals surface area (Å²) in [6, 6.07) is -0.992. The third-order valence-corrected chi connectivity index (χ3v) is 19.8. The Morgan fingerprint density at radius 1 is 0.364 bits per heavy atom. The summed E-state index contributed by atoms with van der Waals surface area (Å²) in [6.45, 7) is 1.74. The topological polar surface area (TPSA) is 307 Å². The molecular formula is C80H145NO18. The van der Waals surface area contributed by atoms with Crippen LogP contribution in [0.4, 0.5) is 0 Å². The van der Waals surface area contributed by atoms with Crippen LogP contribution in [-0.2, 0) is 33.2 Å². The van der Waals surface area contributed by atoms with E-state index < -0.39 is 124 Å². The molecule has 3 aliphatic rings. The SMILES string of the molecule is CCCCCCC/C=C\C/C=C\C/C=C\CCCCCCCCCCCCCCCCCCCCC(=O)NC(COC1OC(CO)C(OC2OC(CO)C(OC3OC(CO)C(O)C(O)C3O)C(O)C2O)C(O)C1O)C(O)/C=C/CC/C=C/CCCCCCCCCCCCCCCCC. The van der Waals surface area contributed by atoms with Crippen molar-refractivity contribution in [2.75, 3.05) is 26.4 Å². The van der Waals surface area contributed by atoms with Crippen molar-refractivity contribution < 1.29 is 89.4 Å². The zero-order chi connectivity index (χ0) is 71.8. The van der Waals surface area contributed by atoms with E-state index in [4.69, 9.17) is 28.4 Å². The molecule has 19 heteroatoms. The minimum atomic E-state index is -1.98. The van der Waals surface area contributed by atoms with E-state index in [-0.39, 0.29) is 18.9 Å². The molecule has 0 bridgehead atoms. The smallest absolute Gasteiger partial charge is 0.220 e. The molecule has 3 rings (SSSR count). The van der Waals surface area contributed by atoms with E-state index in [0.29, 0.717) is 12.8 Å². The summed E-state index contributed by atoms with van der Waals surface area (Å²) in [6.07, 6.45) is 50.7. The van der Waals surface area contributed by atoms with Gasteiger partial charge in [-0.1, -0.05) is 293 Å². The maximum Gasteiger partial charge on any atom is 0.220 e. The van der Waals surface area contributed by atoms with E-state index in [1.54, 1.807) is 6.08 Å². The van der Waals surface area contributed by atoms with Gasteiger partial charge in [0.2, 0.25) is 5.91 Å². The lowest BCUT2D eigenvalue weighted by atomic mass is 9.96. The number of allylic oxidation sites excluding steroid dienone is 9. The summed E-state index contributed by atoms with van der Waals surface area (Å²) in [4.78, 5) is 13.5. The van der Waals surface area contributed by atoms with Gasteiger partial charge in [0.25, 0.3) is 0 Å². The van der Waals surface area contributed by atoms with E-state index in [2.05, 4.69) is 67.8 Å². The molecule has 3 saturated heterocycles. The minimum absolute atomic E-state index is 0.236. The number of unbranched alkanes of at least 4 members (excludes halogenated alkanes) is 39. The van der Waals surface area contributed by atoms with Crippen molar-refractivity contribution in [3.8, 4) is 0 Å². The molecule has 12 N–H and O–H groups in total. The molecule has 0 spiro atoms. The predicted molar refractivity (Wildman–Crippen MR) is 392 cm³/mol. The Kier molecular flexibility index (Phi) is 55.6. The average molecular weight is 1410 g/mol. The molecule has 3 aliphatic heterocycles. The average Bonchev–Trinajstić information content (AvgIpc) is 0.761. The number of ether oxygens (including phenoxy) is 6. The Morgan fingerprint density at radius 2 is 0.677 bits per heavy atom. The molecule has 0 aromatic carbocycles. The summed E-state index contributed by atoms with van der Waals surface area (Å²) in [7, 11) is 0. The Morgan fingerprint density at radius 3 is 1.08 bits per heavy atom. The van der Waals surface area contributed by atoms with Crippen molar-refractivity contribution in [2.24, 2.45) is 0 Å². The number of rotatable bonds is 63. The van der Waals surface area contributed by atoms with E-state index >= 15 is 0 Å². The number of nitrogens with one attached hydrogen (secondary N) is 1. The summed E-state index contributed by atoms with van der Waals surface area (Å²) >= 11 is 0. The van der Waals surface area contributed by atoms with Crippen LogP contribution in [0, 0.1) is 0 Å². The van der Waals surface area contributed by atoms with Crippen LogP contribution in [0.1, 0.15) is 309 Å². The van der Waals surface area contributed by atoms with Gasteiger partial charge in [0.15, 0.2) is 18.9 Å². The van der Waals surface area contributed by atoms with Crippen LogP contribution in [0.15, 0.2) is 60.8 Å². The van der Waals surface area contributed by atoms with Gasteiger partial charge in [0, 0.05) is 6.42 Å². The maximum atomic E-state index is 13.5. The van der Waals surface area contributed by atoms with Crippen LogP contribution >= 0.6 is 0 Å². The number of aliphatic hydroxyl groups is 11. The van der Waals surface area contributed by atoms with Gasteiger partial charge in [-0.2, -0.15) is 0 Å². The van der Waals surface area contributed by atoms with Gasteiger partial charge < -0.3 is 89.9 Å². The highest BCUT2D eigenvalue weighted by molar-refractivity contribution is 5.76. The fourth-order valence-electron chi connectivity index (χ4n) is 13.3. The van der Waals surface area contributed by atoms with E-state index in [0.717, 1.165) is 51.4 Å². The molecule has 0 radical (unpaired) electrons. The number of hydrogen-bond donors (Lipinski definition) is 12. The number of hydrogen-bond acceptors (Lipinski definition) is 18. The molecule has 19 nitrogen and oxygen atoms in total. The lowest BCUT2D eigenvalue weighted by Gasteiger charge is -2.48. The highest BCUT2D eigenvalue weighted by Gasteiger charge is 2.54. The molecule has 17 unspecified atom stereocenters. The van der Waals surface area contributed by atoms with Crippen molar-refractivity contribution in [1.29, 1.82) is 0 Å². The fraction of sp³-hybridized carbons (Fsp3) is 0.863. The second-order valence-electron chi connectivity index (χ2n) is 28.5. The zero-order valence-electron chi connectivity index (χ0n) is 61.7. The van der Waals surface area contributed by atoms with Crippen LogP contribution in [0.5, 0.6) is 0 Å². The van der Waals surface area contributed by atoms with Gasteiger partial charge in [0.05, 0.1) is 38.6 Å². The lowest BCUT2D eigenvalue weighted by molar-refractivity contribution is -0.379. The summed E-state index contributed by atoms with van der Waals surface area (Å²) in [5.41, 5.74) is 0. The number of amides is 1. The van der Waals surface area contributed by atoms with E-state index in [1.807, 2.05) is 6.08 Å². The van der Waals surface area contributed by atoms with Crippen LogP contribution in [0.3, 0.4) is 0 Å². The van der Waals surface area contributed by atoms with Crippen LogP contribution in [0.25, 0.3) is 0 Å². The third-order valence-electron chi connectivity index (χ3n) is 19.8. The van der Waals surface area contributed by atoms with Crippen molar-refractivity contribution in [3.63, 3.8) is 0 Å². The largest absolute Gasteiger partial charge is 0.394 e. The molecule has 0 aromatic rings. The molecule has 0 saturated carbocycles. The third kappa shape index (κ3) is 41.1. The quantitative estimate of drug-likeness (QED) is 0.0199. The van der Waals surface area contributed by atoms with Gasteiger partial charge >= 0.3 is 0 Å². The Labute approximate surface area is 598 Å². The van der Waals surface area contributed by atoms with Crippen molar-refractivity contribution >= 4 is 5.91 Å². The standard InChI is InChI=1S/C80H145NO18/c1-3-5-7-9-11-13-15-17-19-21-23-25-26-27-28-29-30-31-32-33-34-35-36-38-40-42-44-46-48-50-52-54-56-58-68(86)81-63(64(85)57-55-53-51-49-47-45-43-41-39-37-24-22-20-18-16-14-12-10-8-6-4-2)62-94-78-74(92)71(89)76(66(60-83)96-78)99-80-75(93)72(90)77(67(61-84)97-80)98-79-73(91)70(88)69(87)65(59-82)95-79/h15,17,21,23,26-27,47,49,55,57,63-67,69-80,82-85,87-93H,3-14,16,18-20,22,24-25,28-46,48,50-54,56,58-62H2,1-2H3,(H,81,86)/b17-15-,23-21-,27-26-,49-47+,57-55+. The molecule has 1 amide bonds. The fourth-order valence-corrected chi connectivity index (χ4v) is 13.3. The van der Waals surface area contributed by atoms with Crippen molar-refractivity contribution in [3.05, 3.63) is 60.8 Å². The Bertz CT molecular complexity index is 2020. The minimum Gasteiger partial charge on any atom is -0.394 e. The molecule has 578 valence electrons. The van der Waals surface area contributed by atoms with E-state index in [1.165, 1.54) is 225 Å². The molecule has 99 heavy (non-hydrogen) atoms. The maximum absolute atomic E-state index is 13.5. The first-order chi connectivity index (χ1) is 48.3. The van der Waals surface area contributed by atoms with Crippen LogP contribution < -0.4 is 5.32 Å². The molecule has 3 fully saturated rings. The first kappa shape index (κ1) is 90.7. The first-order valence-corrected chi connectivity index (χ1v) is 40.0. The van der Waals surface area contributed by atoms with Gasteiger partial charge in [0.1, 0.15) is 73.2 Å². The normalized spacial score (nSPS) is 26.9. The molecule has 3 heterocycles. The highest BCUT2D eigenvalue weighted by atomic mass is 16.8. The number of carbonyl (C=O) groups excluding carboxylic acids is 1. The summed E-state index contributed by atoms with van der Waals surface area (Å²) in [5, 5.41) is 121. The first-order valence-electron chi connectivity index (χ1n) is 40.0. The Hall–Kier alpha value is -2.51. The van der Waals surface area contributed by atoms with Gasteiger partial charge in [-0.05, 0) is 70.6 Å². The number of aliphatic hydroxyl groups excluding tert-OH is 11. The zero-order valence-corrected chi connectivity index (χ0v) is 61.7. The second-order valence-corrected chi connectivity index (χ2v) is 28.5. The van der Waals surface area contributed by atoms with Crippen LogP contribution in [0.2, 0.25) is 0 Å². The summed E-state index contributed by atoms with van der Waals surface area (Å²) in [5.74, 6) is -0.282. The second kappa shape index (κ2) is 60.7. The Balaban J connectivity index is 1.37. The highest BCUT2D eigenvalue weighted by Crippen LogP contribution is 2.33. The van der Waals surface area contributed by atoms with Gasteiger partial charge in [-0.15, -0.1) is 0 Å². The summed E-state index contributed by atoms with van der Waals surface area (Å²) < 4.78 is 34.4. The molecule has 0 aliphatic carbocycles. The molecule has 0 aromatic heterocycles. The van der Waals surface area contributed by atoms with Crippen molar-refractivity contribution in [1.82, 2.24) is 5.32 Å².